The normalized spacial score (nSPS) is 29.1. The van der Waals surface area contributed by atoms with Crippen LogP contribution in [0.5, 0.6) is 0 Å². The Morgan fingerprint density at radius 2 is 1.36 bits per heavy atom. The molecule has 4 rings (SSSR count). The van der Waals surface area contributed by atoms with E-state index in [0.29, 0.717) is 36.5 Å². The van der Waals surface area contributed by atoms with Gasteiger partial charge in [-0.3, -0.25) is 9.78 Å². The molecule has 2 saturated carbocycles. The van der Waals surface area contributed by atoms with Crippen molar-refractivity contribution in [2.24, 2.45) is 0 Å². The number of aromatic nitrogens is 1. The number of carbonyl (C=O) groups excluding carboxylic acids is 1. The number of nitrogens with zero attached hydrogens (tertiary/aromatic N) is 1. The van der Waals surface area contributed by atoms with Crippen molar-refractivity contribution in [1.82, 2.24) is 26.3 Å². The fourth-order valence-electron chi connectivity index (χ4n) is 5.45. The van der Waals surface area contributed by atoms with Gasteiger partial charge in [-0.25, -0.2) is 0 Å². The average molecular weight is 476 g/mol. The number of nitrogens with one attached hydrogen (secondary N) is 4. The van der Waals surface area contributed by atoms with E-state index in [1.54, 1.807) is 11.8 Å². The molecule has 2 bridgehead atoms. The van der Waals surface area contributed by atoms with E-state index in [0.717, 1.165) is 42.5 Å². The van der Waals surface area contributed by atoms with Gasteiger partial charge in [-0.2, -0.15) is 0 Å². The molecule has 7 nitrogen and oxygen atoms in total. The number of rotatable bonds is 4. The minimum absolute atomic E-state index is 0.163. The standard InChI is InChI=1S/C25H41N5O2S/c1-2-32-25(31)17-33-20-13-18-15-28-23-9-5-3-7-21(23)26-11-12-27-22-8-4-6-10-24(22)29-16-19(14-20)30-18/h13-14,21-24,26-29H,2-12,15-17H2,1H3/t21-,22-,23-,24-/m1/s1. The number of fused-ring (bicyclic) bond motifs is 4. The number of pyridine rings is 1. The molecule has 1 aromatic rings. The molecule has 8 heteroatoms. The van der Waals surface area contributed by atoms with Gasteiger partial charge < -0.3 is 26.0 Å². The molecule has 4 atom stereocenters. The molecule has 0 aromatic carbocycles. The van der Waals surface area contributed by atoms with Crippen LogP contribution in [0.3, 0.4) is 0 Å². The lowest BCUT2D eigenvalue weighted by molar-refractivity contribution is -0.139. The predicted molar refractivity (Wildman–Crippen MR) is 133 cm³/mol. The van der Waals surface area contributed by atoms with Gasteiger partial charge in [0.25, 0.3) is 0 Å². The topological polar surface area (TPSA) is 87.3 Å². The van der Waals surface area contributed by atoms with Crippen molar-refractivity contribution in [3.63, 3.8) is 0 Å². The Morgan fingerprint density at radius 3 is 1.85 bits per heavy atom. The minimum atomic E-state index is -0.163. The Hall–Kier alpha value is -1.19. The average Bonchev–Trinajstić information content (AvgIpc) is 2.84. The summed E-state index contributed by atoms with van der Waals surface area (Å²) in [4.78, 5) is 18.0. The Balaban J connectivity index is 1.51. The Bertz CT molecular complexity index is 716. The third kappa shape index (κ3) is 7.65. The highest BCUT2D eigenvalue weighted by molar-refractivity contribution is 8.00. The van der Waals surface area contributed by atoms with Gasteiger partial charge >= 0.3 is 5.97 Å². The molecule has 2 aliphatic carbocycles. The van der Waals surface area contributed by atoms with Crippen LogP contribution < -0.4 is 21.3 Å². The van der Waals surface area contributed by atoms with Gasteiger partial charge in [-0.1, -0.05) is 25.7 Å². The van der Waals surface area contributed by atoms with E-state index in [1.165, 1.54) is 51.4 Å². The molecule has 1 aliphatic heterocycles. The Kier molecular flexibility index (Phi) is 9.85. The number of esters is 1. The number of carbonyl (C=O) groups is 1. The zero-order valence-electron chi connectivity index (χ0n) is 20.0. The van der Waals surface area contributed by atoms with E-state index < -0.39 is 0 Å². The van der Waals surface area contributed by atoms with E-state index in [9.17, 15) is 4.79 Å². The summed E-state index contributed by atoms with van der Waals surface area (Å²) >= 11 is 1.55. The highest BCUT2D eigenvalue weighted by atomic mass is 32.2. The molecule has 0 unspecified atom stereocenters. The monoisotopic (exact) mass is 475 g/mol. The molecule has 33 heavy (non-hydrogen) atoms. The Morgan fingerprint density at radius 1 is 0.879 bits per heavy atom. The first-order valence-electron chi connectivity index (χ1n) is 12.9. The van der Waals surface area contributed by atoms with Crippen molar-refractivity contribution >= 4 is 17.7 Å². The van der Waals surface area contributed by atoms with E-state index in [1.807, 2.05) is 6.92 Å². The zero-order chi connectivity index (χ0) is 22.9. The van der Waals surface area contributed by atoms with Gasteiger partial charge in [0.2, 0.25) is 0 Å². The predicted octanol–water partition coefficient (Wildman–Crippen LogP) is 2.73. The molecule has 2 heterocycles. The summed E-state index contributed by atoms with van der Waals surface area (Å²) in [7, 11) is 0. The largest absolute Gasteiger partial charge is 0.465 e. The number of hydrogen-bond acceptors (Lipinski definition) is 8. The van der Waals surface area contributed by atoms with Crippen LogP contribution in [0, 0.1) is 0 Å². The number of thioether (sulfide) groups is 1. The van der Waals surface area contributed by atoms with Gasteiger partial charge in [0.1, 0.15) is 0 Å². The number of hydrogen-bond donors (Lipinski definition) is 4. The van der Waals surface area contributed by atoms with Gasteiger partial charge in [-0.15, -0.1) is 11.8 Å². The molecule has 4 N–H and O–H groups in total. The summed E-state index contributed by atoms with van der Waals surface area (Å²) in [6.45, 7) is 5.83. The fraction of sp³-hybridized carbons (Fsp3) is 0.760. The molecule has 0 amide bonds. The summed E-state index contributed by atoms with van der Waals surface area (Å²) in [5, 5.41) is 15.2. The molecule has 184 valence electrons. The van der Waals surface area contributed by atoms with Crippen molar-refractivity contribution in [2.75, 3.05) is 25.4 Å². The third-order valence-corrected chi connectivity index (χ3v) is 8.08. The molecule has 0 spiro atoms. The summed E-state index contributed by atoms with van der Waals surface area (Å²) in [5.41, 5.74) is 2.11. The maximum absolute atomic E-state index is 11.9. The summed E-state index contributed by atoms with van der Waals surface area (Å²) < 4.78 is 5.12. The van der Waals surface area contributed by atoms with Crippen LogP contribution in [0.4, 0.5) is 0 Å². The van der Waals surface area contributed by atoms with Gasteiger partial charge in [0, 0.05) is 55.2 Å². The van der Waals surface area contributed by atoms with Crippen molar-refractivity contribution in [1.29, 1.82) is 0 Å². The second-order valence-corrected chi connectivity index (χ2v) is 10.6. The van der Waals surface area contributed by atoms with Crippen LogP contribution in [0.2, 0.25) is 0 Å². The van der Waals surface area contributed by atoms with E-state index in [2.05, 4.69) is 33.4 Å². The maximum atomic E-state index is 11.9. The van der Waals surface area contributed by atoms with Gasteiger partial charge in [0.15, 0.2) is 0 Å². The summed E-state index contributed by atoms with van der Waals surface area (Å²) in [5.74, 6) is 0.171. The second kappa shape index (κ2) is 13.0. The van der Waals surface area contributed by atoms with Crippen LogP contribution in [0.1, 0.15) is 69.7 Å². The van der Waals surface area contributed by atoms with Crippen LogP contribution in [-0.4, -0.2) is 60.6 Å². The molecule has 3 aliphatic rings. The SMILES string of the molecule is CCOC(=O)CSc1cc2nc(c1)CN[C@@H]1CCCC[C@H]1NCCN[C@@H]1CCCC[C@H]1NC2. The lowest BCUT2D eigenvalue weighted by Crippen LogP contribution is -2.53. The summed E-state index contributed by atoms with van der Waals surface area (Å²) in [6.07, 6.45) is 10.1. The van der Waals surface area contributed by atoms with E-state index in [-0.39, 0.29) is 5.97 Å². The molecule has 0 radical (unpaired) electrons. The van der Waals surface area contributed by atoms with E-state index >= 15 is 0 Å². The minimum Gasteiger partial charge on any atom is -0.465 e. The van der Waals surface area contributed by atoms with Crippen molar-refractivity contribution in [2.45, 2.75) is 100 Å². The van der Waals surface area contributed by atoms with Crippen LogP contribution in [0.15, 0.2) is 17.0 Å². The van der Waals surface area contributed by atoms with Crippen LogP contribution >= 0.6 is 11.8 Å². The first-order valence-corrected chi connectivity index (χ1v) is 13.9. The Labute approximate surface area is 203 Å². The molecular weight excluding hydrogens is 434 g/mol. The van der Waals surface area contributed by atoms with Crippen molar-refractivity contribution < 1.29 is 9.53 Å². The van der Waals surface area contributed by atoms with E-state index in [4.69, 9.17) is 9.72 Å². The lowest BCUT2D eigenvalue weighted by atomic mass is 9.89. The number of ether oxygens (including phenoxy) is 1. The first-order chi connectivity index (χ1) is 16.2. The highest BCUT2D eigenvalue weighted by Gasteiger charge is 2.27. The molecular formula is C25H41N5O2S. The first kappa shape index (κ1) is 24.9. The quantitative estimate of drug-likeness (QED) is 0.391. The van der Waals surface area contributed by atoms with Crippen LogP contribution in [0.25, 0.3) is 0 Å². The third-order valence-electron chi connectivity index (χ3n) is 7.13. The van der Waals surface area contributed by atoms with Gasteiger partial charge in [0.05, 0.1) is 23.7 Å². The van der Waals surface area contributed by atoms with Crippen molar-refractivity contribution in [3.8, 4) is 0 Å². The molecule has 0 saturated heterocycles. The maximum Gasteiger partial charge on any atom is 0.316 e. The fourth-order valence-corrected chi connectivity index (χ4v) is 6.26. The van der Waals surface area contributed by atoms with Crippen molar-refractivity contribution in [3.05, 3.63) is 23.5 Å². The van der Waals surface area contributed by atoms with Crippen LogP contribution in [-0.2, 0) is 22.6 Å². The second-order valence-electron chi connectivity index (χ2n) is 9.54. The van der Waals surface area contributed by atoms with Gasteiger partial charge in [-0.05, 0) is 44.7 Å². The zero-order valence-corrected chi connectivity index (χ0v) is 20.9. The molecule has 2 fully saturated rings. The smallest absolute Gasteiger partial charge is 0.316 e. The molecule has 1 aromatic heterocycles. The lowest BCUT2D eigenvalue weighted by Gasteiger charge is -2.34. The summed E-state index contributed by atoms with van der Waals surface area (Å²) in [6, 6.07) is 6.26. The highest BCUT2D eigenvalue weighted by Crippen LogP contribution is 2.23.